The minimum atomic E-state index is -1.13. The molecule has 0 saturated carbocycles. The monoisotopic (exact) mass is 1170 g/mol. The number of piperazine rings is 2. The van der Waals surface area contributed by atoms with Gasteiger partial charge in [0.2, 0.25) is 0 Å². The Morgan fingerprint density at radius 2 is 0.952 bits per heavy atom. The lowest BCUT2D eigenvalue weighted by Gasteiger charge is -2.34. The summed E-state index contributed by atoms with van der Waals surface area (Å²) in [5.41, 5.74) is -0.192. The first kappa shape index (κ1) is 53.7. The van der Waals surface area contributed by atoms with Crippen molar-refractivity contribution >= 4 is 66.6 Å². The lowest BCUT2D eigenvalue weighted by molar-refractivity contribution is 0.108. The van der Waals surface area contributed by atoms with Crippen LogP contribution in [0.2, 0.25) is 5.02 Å². The first-order valence-electron chi connectivity index (χ1n) is 29.5. The molecule has 4 bridgehead atoms. The summed E-state index contributed by atoms with van der Waals surface area (Å²) < 4.78 is 89.6. The third-order valence-corrected chi connectivity index (χ3v) is 19.7. The molecule has 4 atom stereocenters. The second kappa shape index (κ2) is 20.9. The fraction of sp³-hybridized carbons (Fsp3) is 0.452. The quantitative estimate of drug-likeness (QED) is 0.0952. The predicted octanol–water partition coefficient (Wildman–Crippen LogP) is 10.3. The van der Waals surface area contributed by atoms with Crippen LogP contribution in [0.4, 0.5) is 33.6 Å². The molecule has 436 valence electrons. The second-order valence-electron chi connectivity index (χ2n) is 24.4. The zero-order valence-electron chi connectivity index (χ0n) is 46.1. The third-order valence-electron chi connectivity index (χ3n) is 19.4. The molecule has 8 aromatic rings. The average Bonchev–Trinajstić information content (AvgIpc) is 3.64. The molecular formula is C62H62ClF5N12O4. The lowest BCUT2D eigenvalue weighted by Crippen LogP contribution is -2.51. The summed E-state index contributed by atoms with van der Waals surface area (Å²) in [5.74, 6) is -3.53. The number of nitrogens with one attached hydrogen (secondary N) is 2. The van der Waals surface area contributed by atoms with Crippen LogP contribution in [0.15, 0.2) is 60.9 Å². The van der Waals surface area contributed by atoms with E-state index in [1.54, 1.807) is 6.20 Å². The van der Waals surface area contributed by atoms with E-state index in [1.165, 1.54) is 48.7 Å². The summed E-state index contributed by atoms with van der Waals surface area (Å²) in [6.07, 6.45) is 16.1. The second-order valence-corrected chi connectivity index (χ2v) is 24.8. The van der Waals surface area contributed by atoms with E-state index in [1.807, 2.05) is 0 Å². The summed E-state index contributed by atoms with van der Waals surface area (Å²) >= 11 is 6.37. The highest BCUT2D eigenvalue weighted by atomic mass is 35.5. The van der Waals surface area contributed by atoms with Crippen LogP contribution in [-0.4, -0.2) is 151 Å². The Morgan fingerprint density at radius 1 is 0.536 bits per heavy atom. The van der Waals surface area contributed by atoms with E-state index in [9.17, 15) is 19.0 Å². The predicted molar refractivity (Wildman–Crippen MR) is 310 cm³/mol. The molecule has 4 unspecified atom stereocenters. The van der Waals surface area contributed by atoms with Gasteiger partial charge in [-0.3, -0.25) is 19.8 Å². The molecule has 22 heteroatoms. The number of aromatic hydroxyl groups is 2. The Kier molecular flexibility index (Phi) is 13.3. The molecule has 16 nitrogen and oxygen atoms in total. The molecule has 4 N–H and O–H groups in total. The molecule has 8 aliphatic heterocycles. The van der Waals surface area contributed by atoms with Crippen molar-refractivity contribution in [2.45, 2.75) is 112 Å². The van der Waals surface area contributed by atoms with E-state index < -0.39 is 29.1 Å². The fourth-order valence-corrected chi connectivity index (χ4v) is 15.7. The molecule has 4 aromatic carbocycles. The van der Waals surface area contributed by atoms with Gasteiger partial charge in [0.05, 0.1) is 26.9 Å². The molecule has 8 saturated heterocycles. The maximum absolute atomic E-state index is 16.6. The van der Waals surface area contributed by atoms with Gasteiger partial charge < -0.3 is 40.1 Å². The Hall–Kier alpha value is -7.04. The number of halogens is 6. The van der Waals surface area contributed by atoms with Gasteiger partial charge in [-0.25, -0.2) is 22.0 Å². The molecule has 0 spiro atoms. The molecule has 4 aromatic heterocycles. The Labute approximate surface area is 485 Å². The third kappa shape index (κ3) is 9.21. The van der Waals surface area contributed by atoms with Crippen molar-refractivity contribution in [2.75, 3.05) is 75.4 Å². The molecule has 12 heterocycles. The van der Waals surface area contributed by atoms with Gasteiger partial charge in [0.15, 0.2) is 23.3 Å². The SMILES string of the molecule is Oc1cc(-c2ncc3c(N4CC5CCC(C4)N5)nc(OCC45CCCN4CCC5)nc3c2F)c2c(Cl)c(F)ccc2c1.Oc1cc(-c2ncc3c(N4CC5CCC(C4)N5)nc(OCC45CCCN4CCC5)nc3c2F)c2c(F)c(F)ccc2c1. The molecule has 8 fully saturated rings. The number of fused-ring (bicyclic) bond motifs is 10. The van der Waals surface area contributed by atoms with Crippen LogP contribution >= 0.6 is 11.6 Å². The highest BCUT2D eigenvalue weighted by Gasteiger charge is 2.47. The van der Waals surface area contributed by atoms with Crippen LogP contribution in [0, 0.1) is 29.1 Å². The van der Waals surface area contributed by atoms with Crippen molar-refractivity contribution in [3.63, 3.8) is 0 Å². The van der Waals surface area contributed by atoms with E-state index in [2.05, 4.69) is 50.2 Å². The topological polar surface area (TPSA) is 173 Å². The zero-order chi connectivity index (χ0) is 57.2. The molecule has 8 aliphatic rings. The van der Waals surface area contributed by atoms with Gasteiger partial charge >= 0.3 is 12.0 Å². The van der Waals surface area contributed by atoms with Crippen LogP contribution in [0.1, 0.15) is 77.0 Å². The maximum Gasteiger partial charge on any atom is 0.319 e. The van der Waals surface area contributed by atoms with Crippen molar-refractivity contribution < 1.29 is 41.6 Å². The highest BCUT2D eigenvalue weighted by molar-refractivity contribution is 6.37. The van der Waals surface area contributed by atoms with Crippen molar-refractivity contribution in [3.8, 4) is 46.0 Å². The van der Waals surface area contributed by atoms with Gasteiger partial charge in [0, 0.05) is 84.6 Å². The Morgan fingerprint density at radius 3 is 1.40 bits per heavy atom. The first-order chi connectivity index (χ1) is 40.8. The lowest BCUT2D eigenvalue weighted by atomic mass is 9.95. The summed E-state index contributed by atoms with van der Waals surface area (Å²) in [5, 5.41) is 29.6. The Bertz CT molecular complexity index is 3680. The van der Waals surface area contributed by atoms with Crippen molar-refractivity contribution in [1.29, 1.82) is 0 Å². The molecule has 0 radical (unpaired) electrons. The number of anilines is 2. The number of hydrogen-bond acceptors (Lipinski definition) is 16. The Balaban J connectivity index is 0.000000143. The van der Waals surface area contributed by atoms with Gasteiger partial charge in [-0.15, -0.1) is 0 Å². The number of rotatable bonds is 10. The van der Waals surface area contributed by atoms with Gasteiger partial charge in [-0.2, -0.15) is 19.9 Å². The van der Waals surface area contributed by atoms with Gasteiger partial charge in [0.1, 0.15) is 64.6 Å². The number of aromatic nitrogens is 6. The number of phenolic OH excluding ortho intramolecular Hbond substituents is 2. The standard InChI is InChI=1S/C31H31ClF2N6O2.C31H31F3N6O2/c32-25-23(33)6-3-17-11-20(41)12-21(24(17)25)27-26(34)28-22(13-35-27)29(39-14-18-4-5-19(15-39)36-18)38-30(37-28)42-16-31-7-1-9-40(31)10-2-8-31;32-23-6-3-17-11-20(41)12-21(24(17)25(23)33)27-26(34)28-22(13-35-27)29(39-14-18-4-5-19(15-39)36-18)38-30(37-28)42-16-31-7-1-9-40(31)10-2-8-31/h2*3,6,11-13,18-19,36,41H,1-2,4-5,7-10,14-16H2. The van der Waals surface area contributed by atoms with Gasteiger partial charge in [0.25, 0.3) is 0 Å². The maximum atomic E-state index is 16.6. The zero-order valence-corrected chi connectivity index (χ0v) is 46.8. The van der Waals surface area contributed by atoms with Crippen molar-refractivity contribution in [2.24, 2.45) is 0 Å². The summed E-state index contributed by atoms with van der Waals surface area (Å²) in [6, 6.07) is 11.9. The van der Waals surface area contributed by atoms with E-state index >= 15 is 13.2 Å². The van der Waals surface area contributed by atoms with E-state index in [0.717, 1.165) is 122 Å². The summed E-state index contributed by atoms with van der Waals surface area (Å²) in [6.45, 7) is 8.04. The van der Waals surface area contributed by atoms with E-state index in [4.69, 9.17) is 31.0 Å². The van der Waals surface area contributed by atoms with Crippen LogP contribution < -0.4 is 29.9 Å². The molecule has 84 heavy (non-hydrogen) atoms. The average molecular weight is 1170 g/mol. The number of ether oxygens (including phenoxy) is 2. The largest absolute Gasteiger partial charge is 0.508 e. The molecule has 16 rings (SSSR count). The van der Waals surface area contributed by atoms with Crippen LogP contribution in [0.25, 0.3) is 65.9 Å². The molecule has 0 aliphatic carbocycles. The fourth-order valence-electron chi connectivity index (χ4n) is 15.4. The van der Waals surface area contributed by atoms with Crippen molar-refractivity contribution in [1.82, 2.24) is 50.3 Å². The first-order valence-corrected chi connectivity index (χ1v) is 29.9. The molecular weight excluding hydrogens is 1110 g/mol. The van der Waals surface area contributed by atoms with Crippen LogP contribution in [0.5, 0.6) is 23.5 Å². The minimum absolute atomic E-state index is 0.00798. The highest BCUT2D eigenvalue weighted by Crippen LogP contribution is 2.45. The molecule has 0 amide bonds. The number of phenols is 2. The number of benzene rings is 4. The van der Waals surface area contributed by atoms with Crippen LogP contribution in [0.3, 0.4) is 0 Å². The van der Waals surface area contributed by atoms with Crippen LogP contribution in [-0.2, 0) is 0 Å². The van der Waals surface area contributed by atoms with Gasteiger partial charge in [-0.05, 0) is 150 Å². The van der Waals surface area contributed by atoms with Crippen molar-refractivity contribution in [3.05, 3.63) is 95.0 Å². The summed E-state index contributed by atoms with van der Waals surface area (Å²) in [4.78, 5) is 37.0. The van der Waals surface area contributed by atoms with E-state index in [0.29, 0.717) is 78.3 Å². The van der Waals surface area contributed by atoms with E-state index in [-0.39, 0.29) is 89.3 Å². The minimum Gasteiger partial charge on any atom is -0.508 e. The number of pyridine rings is 2. The normalized spacial score (nSPS) is 23.3. The summed E-state index contributed by atoms with van der Waals surface area (Å²) in [7, 11) is 0. The number of nitrogens with zero attached hydrogens (tertiary/aromatic N) is 10. The smallest absolute Gasteiger partial charge is 0.319 e. The van der Waals surface area contributed by atoms with Gasteiger partial charge in [-0.1, -0.05) is 23.7 Å². The number of hydrogen-bond donors (Lipinski definition) is 4.